The molecule has 0 aliphatic carbocycles. The van der Waals surface area contributed by atoms with E-state index in [1.807, 2.05) is 14.1 Å². The predicted molar refractivity (Wildman–Crippen MR) is 61.3 cm³/mol. The maximum atomic E-state index is 10.7. The Labute approximate surface area is 88.7 Å². The molecular formula is C11H26NO2+. The lowest BCUT2D eigenvalue weighted by Crippen LogP contribution is -2.42. The van der Waals surface area contributed by atoms with Gasteiger partial charge in [-0.15, -0.1) is 0 Å². The summed E-state index contributed by atoms with van der Waals surface area (Å²) >= 11 is 0. The Kier molecular flexibility index (Phi) is 12.0. The van der Waals surface area contributed by atoms with Gasteiger partial charge in [0.2, 0.25) is 0 Å². The Morgan fingerprint density at radius 2 is 1.71 bits per heavy atom. The number of quaternary nitrogens is 1. The van der Waals surface area contributed by atoms with Gasteiger partial charge in [0.15, 0.2) is 0 Å². The fraction of sp³-hybridized carbons (Fsp3) is 0.818. The van der Waals surface area contributed by atoms with Crippen molar-refractivity contribution >= 4 is 12.1 Å². The van der Waals surface area contributed by atoms with E-state index in [1.165, 1.54) is 0 Å². The lowest BCUT2D eigenvalue weighted by Gasteiger charge is -2.28. The van der Waals surface area contributed by atoms with Crippen molar-refractivity contribution in [3.05, 3.63) is 0 Å². The monoisotopic (exact) mass is 204 g/mol. The van der Waals surface area contributed by atoms with E-state index in [-0.39, 0.29) is 20.6 Å². The van der Waals surface area contributed by atoms with Crippen LogP contribution in [-0.4, -0.2) is 43.7 Å². The molecule has 0 bridgehead atoms. The van der Waals surface area contributed by atoms with Crippen LogP contribution < -0.4 is 0 Å². The van der Waals surface area contributed by atoms with Crippen LogP contribution in [0.15, 0.2) is 0 Å². The number of carbonyl (C=O) groups is 2. The Hall–Kier alpha value is -0.700. The van der Waals surface area contributed by atoms with Crippen molar-refractivity contribution in [1.29, 1.82) is 0 Å². The van der Waals surface area contributed by atoms with Crippen molar-refractivity contribution in [2.45, 2.75) is 34.6 Å². The van der Waals surface area contributed by atoms with Crippen LogP contribution in [0.1, 0.15) is 34.6 Å². The van der Waals surface area contributed by atoms with Gasteiger partial charge in [-0.1, -0.05) is 14.9 Å². The Morgan fingerprint density at radius 1 is 1.21 bits per heavy atom. The number of carbonyl (C=O) groups excluding carboxylic acids is 2. The van der Waals surface area contributed by atoms with Crippen molar-refractivity contribution < 1.29 is 14.1 Å². The van der Waals surface area contributed by atoms with Crippen molar-refractivity contribution in [2.75, 3.05) is 27.2 Å². The molecule has 0 amide bonds. The summed E-state index contributed by atoms with van der Waals surface area (Å²) in [7, 11) is 4.07. The highest BCUT2D eigenvalue weighted by molar-refractivity contribution is 5.75. The zero-order valence-corrected chi connectivity index (χ0v) is 8.17. The first-order chi connectivity index (χ1) is 5.48. The van der Waals surface area contributed by atoms with Crippen LogP contribution in [0.2, 0.25) is 0 Å². The largest absolute Gasteiger partial charge is 0.328 e. The number of aldehydes is 1. The van der Waals surface area contributed by atoms with Gasteiger partial charge < -0.3 is 9.28 Å². The average molecular weight is 204 g/mol. The van der Waals surface area contributed by atoms with Gasteiger partial charge in [0.05, 0.1) is 40.0 Å². The molecule has 0 radical (unpaired) electrons. The van der Waals surface area contributed by atoms with Crippen molar-refractivity contribution in [2.24, 2.45) is 0 Å². The van der Waals surface area contributed by atoms with Gasteiger partial charge in [0.1, 0.15) is 12.1 Å². The molecular weight excluding hydrogens is 178 g/mol. The lowest BCUT2D eigenvalue weighted by molar-refractivity contribution is -0.889. The molecule has 3 heteroatoms. The minimum absolute atomic E-state index is 0. The molecule has 0 rings (SSSR count). The first kappa shape index (κ1) is 19.0. The molecule has 0 heterocycles. The summed E-state index contributed by atoms with van der Waals surface area (Å²) < 4.78 is 0.748. The van der Waals surface area contributed by atoms with Crippen molar-refractivity contribution in [3.63, 3.8) is 0 Å². The molecule has 0 aliphatic rings. The number of Topliss-reactive ketones (excluding diaryl/α,β-unsaturated/α-hetero) is 1. The first-order valence-corrected chi connectivity index (χ1v) is 4.23. The summed E-state index contributed by atoms with van der Waals surface area (Å²) in [6, 6.07) is 0. The second-order valence-electron chi connectivity index (χ2n) is 3.79. The molecule has 14 heavy (non-hydrogen) atoms. The maximum absolute atomic E-state index is 10.7. The second kappa shape index (κ2) is 8.88. The molecule has 0 aliphatic heterocycles. The van der Waals surface area contributed by atoms with Gasteiger partial charge in [-0.2, -0.15) is 0 Å². The number of hydrogen-bond donors (Lipinski definition) is 0. The third-order valence-corrected chi connectivity index (χ3v) is 1.92. The molecule has 0 aromatic carbocycles. The number of nitrogens with zero attached hydrogens (tertiary/aromatic N) is 1. The standard InChI is InChI=1S/C9H18NO2.2CH4/c1-9(12)5-7-10(2,3)6-4-8-11;;/h8H,4-7H2,1-3H3;2*1H4/q+1;;. The fourth-order valence-corrected chi connectivity index (χ4v) is 0.974. The van der Waals surface area contributed by atoms with Crippen molar-refractivity contribution in [3.8, 4) is 0 Å². The molecule has 0 fully saturated rings. The van der Waals surface area contributed by atoms with Gasteiger partial charge in [-0.3, -0.25) is 4.79 Å². The van der Waals surface area contributed by atoms with Crippen LogP contribution in [0.4, 0.5) is 0 Å². The lowest BCUT2D eigenvalue weighted by atomic mass is 10.2. The molecule has 0 aromatic heterocycles. The van der Waals surface area contributed by atoms with E-state index in [0.29, 0.717) is 12.8 Å². The molecule has 86 valence electrons. The minimum atomic E-state index is 0. The summed E-state index contributed by atoms with van der Waals surface area (Å²) in [6.07, 6.45) is 2.10. The van der Waals surface area contributed by atoms with E-state index < -0.39 is 0 Å². The molecule has 0 spiro atoms. The molecule has 0 N–H and O–H groups in total. The molecule has 0 unspecified atom stereocenters. The van der Waals surface area contributed by atoms with Crippen LogP contribution in [0, 0.1) is 0 Å². The number of rotatable bonds is 6. The zero-order valence-electron chi connectivity index (χ0n) is 8.17. The summed E-state index contributed by atoms with van der Waals surface area (Å²) in [4.78, 5) is 20.8. The smallest absolute Gasteiger partial charge is 0.135 e. The second-order valence-corrected chi connectivity index (χ2v) is 3.79. The zero-order chi connectivity index (χ0) is 9.61. The third-order valence-electron chi connectivity index (χ3n) is 1.92. The molecule has 0 aromatic rings. The van der Waals surface area contributed by atoms with Gasteiger partial charge in [0.25, 0.3) is 0 Å². The van der Waals surface area contributed by atoms with Crippen molar-refractivity contribution in [1.82, 2.24) is 0 Å². The molecule has 0 atom stereocenters. The van der Waals surface area contributed by atoms with Crippen LogP contribution in [-0.2, 0) is 9.59 Å². The predicted octanol–water partition coefficient (Wildman–Crippen LogP) is 1.90. The normalized spacial score (nSPS) is 9.64. The maximum Gasteiger partial charge on any atom is 0.135 e. The van der Waals surface area contributed by atoms with E-state index in [9.17, 15) is 9.59 Å². The Balaban J connectivity index is -0.000000605. The summed E-state index contributed by atoms with van der Waals surface area (Å²) in [5, 5.41) is 0. The van der Waals surface area contributed by atoms with E-state index in [2.05, 4.69) is 0 Å². The molecule has 0 saturated heterocycles. The van der Waals surface area contributed by atoms with Crippen LogP contribution in [0.25, 0.3) is 0 Å². The minimum Gasteiger partial charge on any atom is -0.328 e. The third kappa shape index (κ3) is 11.3. The van der Waals surface area contributed by atoms with Crippen LogP contribution in [0.5, 0.6) is 0 Å². The summed E-state index contributed by atoms with van der Waals surface area (Å²) in [6.45, 7) is 3.24. The number of ketones is 1. The molecule has 3 nitrogen and oxygen atoms in total. The van der Waals surface area contributed by atoms with E-state index in [0.717, 1.165) is 23.9 Å². The fourth-order valence-electron chi connectivity index (χ4n) is 0.974. The van der Waals surface area contributed by atoms with Crippen LogP contribution in [0.3, 0.4) is 0 Å². The summed E-state index contributed by atoms with van der Waals surface area (Å²) in [5.41, 5.74) is 0. The molecule has 0 saturated carbocycles. The Morgan fingerprint density at radius 3 is 2.07 bits per heavy atom. The van der Waals surface area contributed by atoms with Gasteiger partial charge >= 0.3 is 0 Å². The van der Waals surface area contributed by atoms with E-state index in [4.69, 9.17) is 0 Å². The summed E-state index contributed by atoms with van der Waals surface area (Å²) in [5.74, 6) is 0.215. The van der Waals surface area contributed by atoms with E-state index in [1.54, 1.807) is 6.92 Å². The highest BCUT2D eigenvalue weighted by Gasteiger charge is 2.14. The average Bonchev–Trinajstić information content (AvgIpc) is 1.98. The van der Waals surface area contributed by atoms with Gasteiger partial charge in [-0.05, 0) is 6.92 Å². The highest BCUT2D eigenvalue weighted by Crippen LogP contribution is 2.00. The Bertz CT molecular complexity index is 165. The highest BCUT2D eigenvalue weighted by atomic mass is 16.1. The first-order valence-electron chi connectivity index (χ1n) is 4.23. The van der Waals surface area contributed by atoms with Gasteiger partial charge in [0, 0.05) is 0 Å². The topological polar surface area (TPSA) is 34.1 Å². The van der Waals surface area contributed by atoms with Crippen LogP contribution >= 0.6 is 0 Å². The SMILES string of the molecule is C.C.CC(=O)CC[N+](C)(C)CCC=O. The number of hydrogen-bond acceptors (Lipinski definition) is 2. The van der Waals surface area contributed by atoms with E-state index >= 15 is 0 Å². The van der Waals surface area contributed by atoms with Gasteiger partial charge in [-0.25, -0.2) is 0 Å². The quantitative estimate of drug-likeness (QED) is 0.489.